The number of ether oxygens (including phenoxy) is 1. The van der Waals surface area contributed by atoms with Gasteiger partial charge in [0.2, 0.25) is 0 Å². The predicted molar refractivity (Wildman–Crippen MR) is 88.0 cm³/mol. The Labute approximate surface area is 135 Å². The zero-order valence-electron chi connectivity index (χ0n) is 13.1. The monoisotopic (exact) mass is 357 g/mol. The summed E-state index contributed by atoms with van der Waals surface area (Å²) in [5, 5.41) is 3.60. The highest BCUT2D eigenvalue weighted by atomic mass is 79.9. The molecule has 21 heavy (non-hydrogen) atoms. The third-order valence-electron chi connectivity index (χ3n) is 3.90. The van der Waals surface area contributed by atoms with E-state index < -0.39 is 0 Å². The Kier molecular flexibility index (Phi) is 5.44. The van der Waals surface area contributed by atoms with E-state index in [1.54, 1.807) is 6.07 Å². The first kappa shape index (κ1) is 16.9. The highest BCUT2D eigenvalue weighted by molar-refractivity contribution is 9.10. The molecular formula is C17H25BrFNO. The Morgan fingerprint density at radius 3 is 2.67 bits per heavy atom. The van der Waals surface area contributed by atoms with Gasteiger partial charge in [-0.25, -0.2) is 4.39 Å². The topological polar surface area (TPSA) is 21.3 Å². The van der Waals surface area contributed by atoms with Crippen LogP contribution < -0.4 is 5.32 Å². The second-order valence-electron chi connectivity index (χ2n) is 7.21. The van der Waals surface area contributed by atoms with Gasteiger partial charge >= 0.3 is 0 Å². The van der Waals surface area contributed by atoms with Gasteiger partial charge < -0.3 is 10.1 Å². The fourth-order valence-corrected chi connectivity index (χ4v) is 3.36. The van der Waals surface area contributed by atoms with Gasteiger partial charge in [-0.05, 0) is 63.8 Å². The second-order valence-corrected chi connectivity index (χ2v) is 8.13. The van der Waals surface area contributed by atoms with Gasteiger partial charge in [0, 0.05) is 28.6 Å². The standard InChI is InChI=1S/C17H25BrFNO/c1-16(2,3)20-11-17(5-4-6-21-12-17)10-13-7-14(18)9-15(19)8-13/h7-9,20H,4-6,10-12H2,1-3H3. The van der Waals surface area contributed by atoms with Crippen LogP contribution in [-0.2, 0) is 11.2 Å². The lowest BCUT2D eigenvalue weighted by Crippen LogP contribution is -2.48. The fraction of sp³-hybridized carbons (Fsp3) is 0.647. The van der Waals surface area contributed by atoms with E-state index in [1.807, 2.05) is 6.07 Å². The number of rotatable bonds is 4. The Bertz CT molecular complexity index is 458. The van der Waals surface area contributed by atoms with Crippen LogP contribution in [0.2, 0.25) is 0 Å². The molecule has 1 N–H and O–H groups in total. The number of benzene rings is 1. The van der Waals surface area contributed by atoms with E-state index in [0.29, 0.717) is 0 Å². The number of halogens is 2. The molecule has 2 rings (SSSR count). The van der Waals surface area contributed by atoms with Crippen LogP contribution in [0.3, 0.4) is 0 Å². The van der Waals surface area contributed by atoms with Crippen LogP contribution in [0.25, 0.3) is 0 Å². The molecule has 1 aromatic rings. The Morgan fingerprint density at radius 2 is 2.10 bits per heavy atom. The van der Waals surface area contributed by atoms with Gasteiger partial charge in [0.05, 0.1) is 6.61 Å². The average Bonchev–Trinajstić information content (AvgIpc) is 2.35. The molecule has 0 radical (unpaired) electrons. The predicted octanol–water partition coefficient (Wildman–Crippen LogP) is 4.32. The zero-order chi connectivity index (χ0) is 15.5. The molecule has 1 atom stereocenters. The summed E-state index contributed by atoms with van der Waals surface area (Å²) in [6.07, 6.45) is 3.03. The first-order valence-electron chi connectivity index (χ1n) is 7.56. The highest BCUT2D eigenvalue weighted by Gasteiger charge is 2.34. The Hall–Kier alpha value is -0.450. The molecule has 1 aliphatic rings. The van der Waals surface area contributed by atoms with E-state index in [1.165, 1.54) is 6.07 Å². The van der Waals surface area contributed by atoms with Gasteiger partial charge in [-0.3, -0.25) is 0 Å². The van der Waals surface area contributed by atoms with E-state index >= 15 is 0 Å². The first-order chi connectivity index (χ1) is 9.78. The molecule has 0 aromatic heterocycles. The molecule has 1 fully saturated rings. The number of hydrogen-bond donors (Lipinski definition) is 1. The second kappa shape index (κ2) is 6.76. The molecule has 0 spiro atoms. The number of hydrogen-bond acceptors (Lipinski definition) is 2. The summed E-state index contributed by atoms with van der Waals surface area (Å²) in [4.78, 5) is 0. The zero-order valence-corrected chi connectivity index (χ0v) is 14.7. The summed E-state index contributed by atoms with van der Waals surface area (Å²) in [6.45, 7) is 8.98. The van der Waals surface area contributed by atoms with Gasteiger partial charge in [-0.15, -0.1) is 0 Å². The first-order valence-corrected chi connectivity index (χ1v) is 8.35. The minimum Gasteiger partial charge on any atom is -0.381 e. The SMILES string of the molecule is CC(C)(C)NCC1(Cc2cc(F)cc(Br)c2)CCCOC1. The van der Waals surface area contributed by atoms with Gasteiger partial charge in [-0.1, -0.05) is 15.9 Å². The molecule has 1 aliphatic heterocycles. The molecule has 0 amide bonds. The van der Waals surface area contributed by atoms with Crippen molar-refractivity contribution in [1.29, 1.82) is 0 Å². The van der Waals surface area contributed by atoms with Crippen molar-refractivity contribution < 1.29 is 9.13 Å². The lowest BCUT2D eigenvalue weighted by atomic mass is 9.76. The maximum Gasteiger partial charge on any atom is 0.124 e. The summed E-state index contributed by atoms with van der Waals surface area (Å²) in [6, 6.07) is 5.15. The van der Waals surface area contributed by atoms with Gasteiger partial charge in [0.25, 0.3) is 0 Å². The minimum atomic E-state index is -0.185. The minimum absolute atomic E-state index is 0.0543. The molecule has 1 saturated heterocycles. The quantitative estimate of drug-likeness (QED) is 0.866. The van der Waals surface area contributed by atoms with Crippen LogP contribution in [-0.4, -0.2) is 25.3 Å². The highest BCUT2D eigenvalue weighted by Crippen LogP contribution is 2.33. The van der Waals surface area contributed by atoms with Crippen molar-refractivity contribution in [2.24, 2.45) is 5.41 Å². The Morgan fingerprint density at radius 1 is 1.33 bits per heavy atom. The van der Waals surface area contributed by atoms with E-state index in [-0.39, 0.29) is 16.8 Å². The van der Waals surface area contributed by atoms with Crippen LogP contribution in [0.15, 0.2) is 22.7 Å². The molecule has 0 saturated carbocycles. The lowest BCUT2D eigenvalue weighted by Gasteiger charge is -2.39. The molecule has 0 bridgehead atoms. The molecule has 0 aliphatic carbocycles. The van der Waals surface area contributed by atoms with E-state index in [4.69, 9.17) is 4.74 Å². The third-order valence-corrected chi connectivity index (χ3v) is 4.36. The summed E-state index contributed by atoms with van der Waals surface area (Å²) in [7, 11) is 0. The summed E-state index contributed by atoms with van der Waals surface area (Å²) < 4.78 is 20.1. The summed E-state index contributed by atoms with van der Waals surface area (Å²) in [5.74, 6) is -0.185. The normalized spacial score (nSPS) is 23.3. The van der Waals surface area contributed by atoms with Crippen molar-refractivity contribution in [2.45, 2.75) is 45.6 Å². The number of nitrogens with one attached hydrogen (secondary N) is 1. The lowest BCUT2D eigenvalue weighted by molar-refractivity contribution is -0.00996. The van der Waals surface area contributed by atoms with Crippen LogP contribution in [0.5, 0.6) is 0 Å². The van der Waals surface area contributed by atoms with Crippen molar-refractivity contribution in [3.05, 3.63) is 34.1 Å². The van der Waals surface area contributed by atoms with Crippen molar-refractivity contribution in [1.82, 2.24) is 5.32 Å². The largest absolute Gasteiger partial charge is 0.381 e. The third kappa shape index (κ3) is 5.35. The fourth-order valence-electron chi connectivity index (χ4n) is 2.85. The van der Waals surface area contributed by atoms with Gasteiger partial charge in [0.15, 0.2) is 0 Å². The molecule has 4 heteroatoms. The summed E-state index contributed by atoms with van der Waals surface area (Å²) in [5.41, 5.74) is 1.16. The molecule has 2 nitrogen and oxygen atoms in total. The van der Waals surface area contributed by atoms with Crippen LogP contribution >= 0.6 is 15.9 Å². The Balaban J connectivity index is 2.15. The smallest absolute Gasteiger partial charge is 0.124 e. The van der Waals surface area contributed by atoms with Gasteiger partial charge in [0.1, 0.15) is 5.82 Å². The van der Waals surface area contributed by atoms with Gasteiger partial charge in [-0.2, -0.15) is 0 Å². The maximum absolute atomic E-state index is 13.6. The molecule has 1 heterocycles. The van der Waals surface area contributed by atoms with E-state index in [2.05, 4.69) is 42.0 Å². The van der Waals surface area contributed by atoms with E-state index in [9.17, 15) is 4.39 Å². The van der Waals surface area contributed by atoms with Crippen LogP contribution in [0.1, 0.15) is 39.2 Å². The summed E-state index contributed by atoms with van der Waals surface area (Å²) >= 11 is 3.38. The maximum atomic E-state index is 13.6. The molecule has 1 unspecified atom stereocenters. The van der Waals surface area contributed by atoms with Crippen LogP contribution in [0.4, 0.5) is 4.39 Å². The average molecular weight is 358 g/mol. The van der Waals surface area contributed by atoms with Crippen LogP contribution in [0, 0.1) is 11.2 Å². The molecule has 118 valence electrons. The van der Waals surface area contributed by atoms with Crippen molar-refractivity contribution in [3.8, 4) is 0 Å². The molecular weight excluding hydrogens is 333 g/mol. The van der Waals surface area contributed by atoms with Crippen molar-refractivity contribution in [3.63, 3.8) is 0 Å². The van der Waals surface area contributed by atoms with Crippen molar-refractivity contribution >= 4 is 15.9 Å². The van der Waals surface area contributed by atoms with Crippen molar-refractivity contribution in [2.75, 3.05) is 19.8 Å². The molecule has 1 aromatic carbocycles. The van der Waals surface area contributed by atoms with E-state index in [0.717, 1.165) is 49.1 Å².